The average Bonchev–Trinajstić information content (AvgIpc) is 3.84. The number of halogens is 3. The second-order valence-electron chi connectivity index (χ2n) is 21.6. The number of urea groups is 1. The Morgan fingerprint density at radius 2 is 1.84 bits per heavy atom. The standard InChI is InChI=1S/C53H72F3N9O9/c1-10-43(66)64-31-74-52(34(64)5)17-21-61(22-18-52)50(70)60(8)45(32(2)3)47(67)58-41-26-36-28-62(23-24-72-36)35-15-16-42-38(25-35)39(27-51(6,7)30-73-49(69)40-14-12-20-65(59-40)48(41)68)46(63(42)29-53(54,55)56)37-13-11-19-57-44(37)33(4)71-9/h10-11,13,15-16,19,25,32-34,36,40-41,45,59H,1,12,14,17-18,20-24,26-31H2,2-9H3,(H,58,67)/t33-,34-,36-,40-,41-,45-/m0/s1. The largest absolute Gasteiger partial charge is 0.464 e. The van der Waals surface area contributed by atoms with Gasteiger partial charge in [0.15, 0.2) is 0 Å². The number of morpholine rings is 1. The Kier molecular flexibility index (Phi) is 16.1. The van der Waals surface area contributed by atoms with Crippen molar-refractivity contribution in [2.45, 2.75) is 135 Å². The van der Waals surface area contributed by atoms with Crippen molar-refractivity contribution in [3.05, 3.63) is 60.4 Å². The first-order valence-corrected chi connectivity index (χ1v) is 25.7. The van der Waals surface area contributed by atoms with Crippen molar-refractivity contribution in [2.75, 3.05) is 71.7 Å². The molecule has 1 aromatic carbocycles. The summed E-state index contributed by atoms with van der Waals surface area (Å²) < 4.78 is 69.8. The highest BCUT2D eigenvalue weighted by Crippen LogP contribution is 2.43. The third-order valence-electron chi connectivity index (χ3n) is 15.6. The first-order valence-electron chi connectivity index (χ1n) is 25.7. The number of methoxy groups -OCH3 is 1. The van der Waals surface area contributed by atoms with Gasteiger partial charge >= 0.3 is 18.2 Å². The number of fused-ring (bicyclic) bond motifs is 6. The number of nitrogens with one attached hydrogen (secondary N) is 2. The fourth-order valence-corrected chi connectivity index (χ4v) is 11.5. The number of carbonyl (C=O) groups excluding carboxylic acids is 5. The maximum absolute atomic E-state index is 14.8. The topological polar surface area (TPSA) is 180 Å². The van der Waals surface area contributed by atoms with Crippen molar-refractivity contribution in [1.82, 2.24) is 40.0 Å². The van der Waals surface area contributed by atoms with E-state index < -0.39 is 71.9 Å². The minimum atomic E-state index is -4.59. The Balaban J connectivity index is 1.11. The molecule has 404 valence electrons. The lowest BCUT2D eigenvalue weighted by atomic mass is 9.84. The Labute approximate surface area is 430 Å². The summed E-state index contributed by atoms with van der Waals surface area (Å²) in [5.74, 6) is -2.25. The van der Waals surface area contributed by atoms with E-state index in [-0.39, 0.29) is 69.8 Å². The molecule has 0 aliphatic carbocycles. The van der Waals surface area contributed by atoms with Crippen LogP contribution in [0.2, 0.25) is 0 Å². The van der Waals surface area contributed by atoms with Gasteiger partial charge in [-0.2, -0.15) is 13.2 Å². The van der Waals surface area contributed by atoms with E-state index in [9.17, 15) is 37.1 Å². The fourth-order valence-electron chi connectivity index (χ4n) is 11.5. The molecule has 0 unspecified atom stereocenters. The molecule has 5 aliphatic rings. The summed E-state index contributed by atoms with van der Waals surface area (Å²) in [6.07, 6.45) is -0.905. The van der Waals surface area contributed by atoms with Crippen molar-refractivity contribution in [3.8, 4) is 11.3 Å². The molecule has 0 saturated carbocycles. The van der Waals surface area contributed by atoms with Gasteiger partial charge in [-0.25, -0.2) is 10.2 Å². The number of rotatable bonds is 9. The lowest BCUT2D eigenvalue weighted by molar-refractivity contribution is -0.156. The van der Waals surface area contributed by atoms with Gasteiger partial charge in [0.05, 0.1) is 48.5 Å². The molecule has 4 fully saturated rings. The minimum absolute atomic E-state index is 0.0177. The molecule has 6 atom stereocenters. The monoisotopic (exact) mass is 1040 g/mol. The van der Waals surface area contributed by atoms with Gasteiger partial charge in [-0.1, -0.05) is 34.3 Å². The van der Waals surface area contributed by atoms with Crippen LogP contribution in [-0.4, -0.2) is 168 Å². The summed E-state index contributed by atoms with van der Waals surface area (Å²) in [6, 6.07) is 5.18. The number of hydrogen-bond acceptors (Lipinski definition) is 12. The van der Waals surface area contributed by atoms with Gasteiger partial charge in [-0.3, -0.25) is 29.2 Å². The second-order valence-corrected chi connectivity index (χ2v) is 21.6. The number of pyridine rings is 1. The van der Waals surface area contributed by atoms with Crippen molar-refractivity contribution in [1.29, 1.82) is 0 Å². The van der Waals surface area contributed by atoms with Gasteiger partial charge in [0.2, 0.25) is 11.8 Å². The molecule has 8 rings (SSSR count). The lowest BCUT2D eigenvalue weighted by Crippen LogP contribution is -2.63. The maximum atomic E-state index is 14.8. The molecule has 4 saturated heterocycles. The number of anilines is 1. The number of ether oxygens (including phenoxy) is 4. The van der Waals surface area contributed by atoms with Crippen LogP contribution >= 0.6 is 0 Å². The molecule has 2 aromatic heterocycles. The summed E-state index contributed by atoms with van der Waals surface area (Å²) in [7, 11) is 3.10. The Bertz CT molecular complexity index is 2600. The van der Waals surface area contributed by atoms with Crippen LogP contribution in [0.3, 0.4) is 0 Å². The molecule has 7 heterocycles. The number of carbonyl (C=O) groups is 5. The molecule has 21 heteroatoms. The van der Waals surface area contributed by atoms with Gasteiger partial charge in [-0.05, 0) is 93.8 Å². The molecule has 1 spiro atoms. The quantitative estimate of drug-likeness (QED) is 0.190. The minimum Gasteiger partial charge on any atom is -0.464 e. The van der Waals surface area contributed by atoms with E-state index in [0.29, 0.717) is 78.7 Å². The third kappa shape index (κ3) is 11.3. The van der Waals surface area contributed by atoms with Gasteiger partial charge < -0.3 is 48.4 Å². The lowest BCUT2D eigenvalue weighted by Gasteiger charge is -2.43. The highest BCUT2D eigenvalue weighted by molar-refractivity contribution is 5.95. The van der Waals surface area contributed by atoms with Crippen LogP contribution in [0.1, 0.15) is 91.0 Å². The molecule has 74 heavy (non-hydrogen) atoms. The normalized spacial score (nSPS) is 24.4. The predicted octanol–water partition coefficient (Wildman–Crippen LogP) is 5.98. The van der Waals surface area contributed by atoms with Crippen LogP contribution in [0.15, 0.2) is 49.2 Å². The molecule has 0 radical (unpaired) electrons. The number of esters is 1. The number of amides is 5. The second kappa shape index (κ2) is 21.8. The fraction of sp³-hybridized carbons (Fsp3) is 0.623. The van der Waals surface area contributed by atoms with Gasteiger partial charge in [0.25, 0.3) is 5.91 Å². The molecular formula is C53H72F3N9O9. The van der Waals surface area contributed by atoms with Gasteiger partial charge in [0.1, 0.15) is 31.4 Å². The number of alkyl halides is 3. The first-order chi connectivity index (χ1) is 35.0. The molecule has 2 N–H and O–H groups in total. The van der Waals surface area contributed by atoms with Crippen LogP contribution in [0.25, 0.3) is 22.2 Å². The van der Waals surface area contributed by atoms with Crippen molar-refractivity contribution >= 4 is 46.3 Å². The zero-order chi connectivity index (χ0) is 53.4. The van der Waals surface area contributed by atoms with E-state index in [2.05, 4.69) is 27.2 Å². The number of likely N-dealkylation sites (N-methyl/N-ethyl adjacent to an activating group) is 1. The highest BCUT2D eigenvalue weighted by atomic mass is 19.4. The number of aromatic nitrogens is 2. The van der Waals surface area contributed by atoms with E-state index >= 15 is 0 Å². The number of hydrazine groups is 1. The summed E-state index contributed by atoms with van der Waals surface area (Å²) >= 11 is 0. The Hall–Kier alpha value is -5.77. The number of piperidine rings is 1. The van der Waals surface area contributed by atoms with Gasteiger partial charge in [0, 0.05) is 87.1 Å². The van der Waals surface area contributed by atoms with Crippen LogP contribution in [0, 0.1) is 11.3 Å². The van der Waals surface area contributed by atoms with E-state index in [1.165, 1.54) is 27.7 Å². The van der Waals surface area contributed by atoms with Crippen LogP contribution in [0.5, 0.6) is 0 Å². The van der Waals surface area contributed by atoms with E-state index in [0.717, 1.165) is 5.69 Å². The van der Waals surface area contributed by atoms with Crippen molar-refractivity contribution in [2.24, 2.45) is 11.3 Å². The smallest absolute Gasteiger partial charge is 0.406 e. The Morgan fingerprint density at radius 1 is 1.09 bits per heavy atom. The van der Waals surface area contributed by atoms with E-state index in [1.54, 1.807) is 54.2 Å². The SMILES string of the molecule is C=CC(=O)N1COC2(CCN(C(=O)N(C)[C@H](C(=O)N[C@H]3C[C@H]4CN(CCO4)c4ccc5c(c4)c(c(-c4cccnc4[C@H](C)OC)n5CC(F)(F)F)CC(C)(C)COC(=O)[C@@H]4CCCN(N4)C3=O)C(C)C)CC2)[C@@H]1C. The van der Waals surface area contributed by atoms with E-state index in [1.807, 2.05) is 40.7 Å². The van der Waals surface area contributed by atoms with Crippen LogP contribution < -0.4 is 15.6 Å². The average molecular weight is 1040 g/mol. The van der Waals surface area contributed by atoms with Crippen molar-refractivity contribution in [3.63, 3.8) is 0 Å². The first kappa shape index (κ1) is 54.5. The number of benzene rings is 1. The molecule has 18 nitrogen and oxygen atoms in total. The summed E-state index contributed by atoms with van der Waals surface area (Å²) in [5.41, 5.74) is 4.68. The van der Waals surface area contributed by atoms with E-state index in [4.69, 9.17) is 18.9 Å². The molecule has 6 bridgehead atoms. The number of cyclic esters (lactones) is 1. The highest BCUT2D eigenvalue weighted by Gasteiger charge is 2.50. The molecular weight excluding hydrogens is 964 g/mol. The molecule has 5 aliphatic heterocycles. The Morgan fingerprint density at radius 3 is 2.53 bits per heavy atom. The van der Waals surface area contributed by atoms with Crippen molar-refractivity contribution < 1.29 is 56.1 Å². The number of hydrogen-bond donors (Lipinski definition) is 2. The zero-order valence-electron chi connectivity index (χ0n) is 43.8. The molecule has 5 amide bonds. The number of nitrogens with zero attached hydrogens (tertiary/aromatic N) is 7. The summed E-state index contributed by atoms with van der Waals surface area (Å²) in [5, 5.41) is 4.96. The summed E-state index contributed by atoms with van der Waals surface area (Å²) in [4.78, 5) is 81.6. The maximum Gasteiger partial charge on any atom is 0.406 e. The zero-order valence-corrected chi connectivity index (χ0v) is 43.8. The third-order valence-corrected chi connectivity index (χ3v) is 15.6. The summed E-state index contributed by atoms with van der Waals surface area (Å²) in [6.45, 7) is 15.4. The molecule has 3 aromatic rings. The van der Waals surface area contributed by atoms with Crippen LogP contribution in [-0.2, 0) is 51.1 Å². The number of likely N-dealkylation sites (tertiary alicyclic amines) is 1. The van der Waals surface area contributed by atoms with Gasteiger partial charge in [-0.15, -0.1) is 0 Å². The van der Waals surface area contributed by atoms with Crippen LogP contribution in [0.4, 0.5) is 23.7 Å². The predicted molar refractivity (Wildman–Crippen MR) is 269 cm³/mol.